The van der Waals surface area contributed by atoms with Crippen molar-refractivity contribution in [2.24, 2.45) is 5.92 Å². The molecule has 1 aliphatic rings. The van der Waals surface area contributed by atoms with Crippen molar-refractivity contribution in [2.75, 3.05) is 31.6 Å². The van der Waals surface area contributed by atoms with Gasteiger partial charge in [-0.2, -0.15) is 0 Å². The number of carboxylic acids is 1. The van der Waals surface area contributed by atoms with E-state index in [2.05, 4.69) is 0 Å². The highest BCUT2D eigenvalue weighted by atomic mass is 19.1. The summed E-state index contributed by atoms with van der Waals surface area (Å²) in [6.45, 7) is 0.481. The van der Waals surface area contributed by atoms with Crippen LogP contribution in [0.3, 0.4) is 0 Å². The lowest BCUT2D eigenvalue weighted by Gasteiger charge is -2.22. The predicted octanol–water partition coefficient (Wildman–Crippen LogP) is 0.805. The first kappa shape index (κ1) is 13.5. The van der Waals surface area contributed by atoms with Gasteiger partial charge in [-0.1, -0.05) is 6.07 Å². The molecule has 1 aromatic rings. The van der Waals surface area contributed by atoms with Crippen molar-refractivity contribution in [3.63, 3.8) is 0 Å². The average Bonchev–Trinajstić information content (AvgIpc) is 2.47. The maximum Gasteiger partial charge on any atom is 0.309 e. The van der Waals surface area contributed by atoms with E-state index in [1.54, 1.807) is 18.0 Å². The Morgan fingerprint density at radius 3 is 2.79 bits per heavy atom. The van der Waals surface area contributed by atoms with Crippen molar-refractivity contribution in [3.8, 4) is 0 Å². The SMILES string of the molecule is CN1CC(=O)N(c2cccc(F)c2)CC(C(=O)O)C1. The minimum Gasteiger partial charge on any atom is -0.481 e. The van der Waals surface area contributed by atoms with E-state index in [-0.39, 0.29) is 19.0 Å². The van der Waals surface area contributed by atoms with E-state index >= 15 is 0 Å². The Morgan fingerprint density at radius 1 is 1.42 bits per heavy atom. The predicted molar refractivity (Wildman–Crippen MR) is 67.4 cm³/mol. The molecule has 0 aliphatic carbocycles. The highest BCUT2D eigenvalue weighted by Crippen LogP contribution is 2.20. The number of carboxylic acid groups (broad SMARTS) is 1. The van der Waals surface area contributed by atoms with Crippen LogP contribution in [0.2, 0.25) is 0 Å². The molecule has 19 heavy (non-hydrogen) atoms. The van der Waals surface area contributed by atoms with Crippen LogP contribution >= 0.6 is 0 Å². The standard InChI is InChI=1S/C13H15FN2O3/c1-15-6-9(13(18)19)7-16(12(17)8-15)11-4-2-3-10(14)5-11/h2-5,9H,6-8H2,1H3,(H,18,19). The highest BCUT2D eigenvalue weighted by molar-refractivity contribution is 5.95. The summed E-state index contributed by atoms with van der Waals surface area (Å²) in [6, 6.07) is 5.63. The van der Waals surface area contributed by atoms with E-state index in [0.717, 1.165) is 0 Å². The van der Waals surface area contributed by atoms with Crippen molar-refractivity contribution < 1.29 is 19.1 Å². The lowest BCUT2D eigenvalue weighted by molar-refractivity contribution is -0.141. The second-order valence-electron chi connectivity index (χ2n) is 4.72. The molecule has 0 aromatic heterocycles. The van der Waals surface area contributed by atoms with Gasteiger partial charge in [0.25, 0.3) is 0 Å². The van der Waals surface area contributed by atoms with E-state index in [9.17, 15) is 14.0 Å². The number of carbonyl (C=O) groups excluding carboxylic acids is 1. The molecule has 0 radical (unpaired) electrons. The smallest absolute Gasteiger partial charge is 0.309 e. The summed E-state index contributed by atoms with van der Waals surface area (Å²) in [5.41, 5.74) is 0.395. The van der Waals surface area contributed by atoms with Gasteiger partial charge in [0.05, 0.1) is 12.5 Å². The number of amides is 1. The third kappa shape index (κ3) is 3.08. The molecular formula is C13H15FN2O3. The number of aliphatic carboxylic acids is 1. The number of benzene rings is 1. The normalized spacial score (nSPS) is 21.3. The molecular weight excluding hydrogens is 251 g/mol. The Morgan fingerprint density at radius 2 is 2.16 bits per heavy atom. The molecule has 6 heteroatoms. The summed E-state index contributed by atoms with van der Waals surface area (Å²) < 4.78 is 13.2. The van der Waals surface area contributed by atoms with Crippen LogP contribution in [0, 0.1) is 11.7 Å². The molecule has 5 nitrogen and oxygen atoms in total. The second kappa shape index (κ2) is 5.36. The van der Waals surface area contributed by atoms with Crippen LogP contribution < -0.4 is 4.90 Å². The van der Waals surface area contributed by atoms with Crippen LogP contribution in [0.5, 0.6) is 0 Å². The summed E-state index contributed by atoms with van der Waals surface area (Å²) in [4.78, 5) is 26.2. The molecule has 0 spiro atoms. The molecule has 102 valence electrons. The lowest BCUT2D eigenvalue weighted by atomic mass is 10.1. The summed E-state index contributed by atoms with van der Waals surface area (Å²) in [5.74, 6) is -2.31. The average molecular weight is 266 g/mol. The molecule has 2 rings (SSSR count). The fraction of sp³-hybridized carbons (Fsp3) is 0.385. The zero-order valence-corrected chi connectivity index (χ0v) is 10.5. The molecule has 1 N–H and O–H groups in total. The van der Waals surface area contributed by atoms with Crippen LogP contribution in [0.4, 0.5) is 10.1 Å². The molecule has 0 bridgehead atoms. The van der Waals surface area contributed by atoms with Crippen LogP contribution in [0.1, 0.15) is 0 Å². The second-order valence-corrected chi connectivity index (χ2v) is 4.72. The largest absolute Gasteiger partial charge is 0.481 e. The summed E-state index contributed by atoms with van der Waals surface area (Å²) in [6.07, 6.45) is 0. The van der Waals surface area contributed by atoms with Crippen LogP contribution in [0.25, 0.3) is 0 Å². The number of hydrogen-bond donors (Lipinski definition) is 1. The number of halogens is 1. The maximum atomic E-state index is 13.2. The number of nitrogens with zero attached hydrogens (tertiary/aromatic N) is 2. The molecule has 1 atom stereocenters. The third-order valence-electron chi connectivity index (χ3n) is 3.11. The Balaban J connectivity index is 2.31. The fourth-order valence-corrected chi connectivity index (χ4v) is 2.19. The van der Waals surface area contributed by atoms with Gasteiger partial charge in [0.1, 0.15) is 5.82 Å². The van der Waals surface area contributed by atoms with Gasteiger partial charge in [-0.25, -0.2) is 4.39 Å². The molecule has 1 aliphatic heterocycles. The van der Waals surface area contributed by atoms with Crippen molar-refractivity contribution in [1.29, 1.82) is 0 Å². The zero-order chi connectivity index (χ0) is 14.0. The maximum absolute atomic E-state index is 13.2. The van der Waals surface area contributed by atoms with E-state index in [4.69, 9.17) is 5.11 Å². The Bertz CT molecular complexity index is 506. The van der Waals surface area contributed by atoms with Gasteiger partial charge in [0, 0.05) is 18.8 Å². The van der Waals surface area contributed by atoms with E-state index < -0.39 is 17.7 Å². The number of likely N-dealkylation sites (N-methyl/N-ethyl adjacent to an activating group) is 1. The summed E-state index contributed by atoms with van der Waals surface area (Å²) in [7, 11) is 1.70. The van der Waals surface area contributed by atoms with Gasteiger partial charge in [-0.15, -0.1) is 0 Å². The van der Waals surface area contributed by atoms with Gasteiger partial charge in [0.15, 0.2) is 0 Å². The van der Waals surface area contributed by atoms with Crippen molar-refractivity contribution in [1.82, 2.24) is 4.90 Å². The van der Waals surface area contributed by atoms with Gasteiger partial charge in [-0.3, -0.25) is 14.5 Å². The van der Waals surface area contributed by atoms with E-state index in [1.165, 1.54) is 23.1 Å². The molecule has 1 unspecified atom stereocenters. The fourth-order valence-electron chi connectivity index (χ4n) is 2.19. The first-order chi connectivity index (χ1) is 8.97. The van der Waals surface area contributed by atoms with E-state index in [1.807, 2.05) is 0 Å². The zero-order valence-electron chi connectivity index (χ0n) is 10.5. The number of carbonyl (C=O) groups is 2. The van der Waals surface area contributed by atoms with Gasteiger partial charge in [0.2, 0.25) is 5.91 Å². The molecule has 1 aromatic carbocycles. The van der Waals surface area contributed by atoms with Crippen LogP contribution in [-0.2, 0) is 9.59 Å². The molecule has 1 saturated heterocycles. The molecule has 1 amide bonds. The topological polar surface area (TPSA) is 60.9 Å². The Labute approximate surface area is 110 Å². The third-order valence-corrected chi connectivity index (χ3v) is 3.11. The summed E-state index contributed by atoms with van der Waals surface area (Å²) in [5, 5.41) is 9.15. The Hall–Kier alpha value is -1.95. The lowest BCUT2D eigenvalue weighted by Crippen LogP contribution is -2.37. The Kier molecular flexibility index (Phi) is 3.80. The molecule has 1 fully saturated rings. The number of hydrogen-bond acceptors (Lipinski definition) is 3. The number of anilines is 1. The summed E-state index contributed by atoms with van der Waals surface area (Å²) >= 11 is 0. The van der Waals surface area contributed by atoms with Crippen molar-refractivity contribution >= 4 is 17.6 Å². The molecule has 1 heterocycles. The van der Waals surface area contributed by atoms with E-state index in [0.29, 0.717) is 12.2 Å². The van der Waals surface area contributed by atoms with Crippen LogP contribution in [0.15, 0.2) is 24.3 Å². The highest BCUT2D eigenvalue weighted by Gasteiger charge is 2.31. The minimum atomic E-state index is -0.956. The molecule has 0 saturated carbocycles. The minimum absolute atomic E-state index is 0.0575. The number of rotatable bonds is 2. The monoisotopic (exact) mass is 266 g/mol. The van der Waals surface area contributed by atoms with Crippen molar-refractivity contribution in [2.45, 2.75) is 0 Å². The quantitative estimate of drug-likeness (QED) is 0.860. The van der Waals surface area contributed by atoms with Gasteiger partial charge >= 0.3 is 5.97 Å². The van der Waals surface area contributed by atoms with Gasteiger partial charge in [-0.05, 0) is 25.2 Å². The van der Waals surface area contributed by atoms with Gasteiger partial charge < -0.3 is 10.0 Å². The van der Waals surface area contributed by atoms with Crippen LogP contribution in [-0.4, -0.2) is 48.6 Å². The first-order valence-electron chi connectivity index (χ1n) is 5.94. The first-order valence-corrected chi connectivity index (χ1v) is 5.94. The van der Waals surface area contributed by atoms with Crippen molar-refractivity contribution in [3.05, 3.63) is 30.1 Å².